The van der Waals surface area contributed by atoms with Crippen LogP contribution in [-0.4, -0.2) is 63.7 Å². The van der Waals surface area contributed by atoms with Crippen molar-refractivity contribution >= 4 is 33.1 Å². The highest BCUT2D eigenvalue weighted by Crippen LogP contribution is 2.32. The Hall–Kier alpha value is -1.94. The first-order valence-corrected chi connectivity index (χ1v) is 10.5. The van der Waals surface area contributed by atoms with Crippen molar-refractivity contribution < 1.29 is 9.84 Å². The van der Waals surface area contributed by atoms with Gasteiger partial charge in [0.1, 0.15) is 17.2 Å². The lowest BCUT2D eigenvalue weighted by molar-refractivity contribution is -0.108. The molecule has 0 aliphatic carbocycles. The van der Waals surface area contributed by atoms with Gasteiger partial charge in [-0.25, -0.2) is 4.98 Å². The van der Waals surface area contributed by atoms with Crippen LogP contribution in [0, 0.1) is 0 Å². The first-order chi connectivity index (χ1) is 13.7. The van der Waals surface area contributed by atoms with Gasteiger partial charge in [0.05, 0.1) is 31.1 Å². The molecule has 4 rings (SSSR count). The van der Waals surface area contributed by atoms with E-state index in [1.165, 1.54) is 4.57 Å². The molecule has 8 nitrogen and oxygen atoms in total. The molecule has 2 aromatic rings. The summed E-state index contributed by atoms with van der Waals surface area (Å²) in [6.07, 6.45) is 3.45. The highest BCUT2D eigenvalue weighted by atomic mass is 79.9. The third-order valence-corrected chi connectivity index (χ3v) is 5.97. The summed E-state index contributed by atoms with van der Waals surface area (Å²) in [5.41, 5.74) is 0.148. The van der Waals surface area contributed by atoms with Crippen LogP contribution in [0.4, 0.5) is 17.2 Å². The fourth-order valence-corrected chi connectivity index (χ4v) is 4.70. The minimum absolute atomic E-state index is 0.123. The van der Waals surface area contributed by atoms with E-state index in [2.05, 4.69) is 38.1 Å². The quantitative estimate of drug-likeness (QED) is 0.716. The van der Waals surface area contributed by atoms with Crippen molar-refractivity contribution in [2.45, 2.75) is 31.7 Å². The van der Waals surface area contributed by atoms with Crippen LogP contribution in [0.1, 0.15) is 13.8 Å². The average Bonchev–Trinajstić information content (AvgIpc) is 2.58. The van der Waals surface area contributed by atoms with Crippen molar-refractivity contribution in [2.75, 3.05) is 36.5 Å². The SMILES string of the molecule is C[C@H]1CN(C2COC2)CC(C)(O)N1c1ccc(Nc2cc(Br)cn(C)c2=O)nc1. The molecule has 0 radical (unpaired) electrons. The van der Waals surface area contributed by atoms with Crippen LogP contribution < -0.4 is 15.8 Å². The van der Waals surface area contributed by atoms with Crippen molar-refractivity contribution in [3.8, 4) is 0 Å². The summed E-state index contributed by atoms with van der Waals surface area (Å²) >= 11 is 3.40. The molecule has 0 aromatic carbocycles. The number of aromatic nitrogens is 2. The van der Waals surface area contributed by atoms with E-state index in [1.807, 2.05) is 24.0 Å². The molecule has 0 spiro atoms. The minimum Gasteiger partial charge on any atom is -0.378 e. The molecule has 2 saturated heterocycles. The van der Waals surface area contributed by atoms with Gasteiger partial charge >= 0.3 is 0 Å². The number of rotatable bonds is 4. The molecule has 1 unspecified atom stereocenters. The van der Waals surface area contributed by atoms with Gasteiger partial charge in [0.2, 0.25) is 0 Å². The molecule has 0 amide bonds. The van der Waals surface area contributed by atoms with E-state index in [0.717, 1.165) is 29.9 Å². The summed E-state index contributed by atoms with van der Waals surface area (Å²) in [4.78, 5) is 21.1. The van der Waals surface area contributed by atoms with E-state index in [4.69, 9.17) is 4.74 Å². The summed E-state index contributed by atoms with van der Waals surface area (Å²) in [5.74, 6) is 0.571. The molecule has 0 bridgehead atoms. The van der Waals surface area contributed by atoms with Gasteiger partial charge in [0.25, 0.3) is 5.56 Å². The zero-order valence-corrected chi connectivity index (χ0v) is 18.4. The number of β-amino-alcohol motifs (C(OH)–C–C–N with tert-alkyl or cyclic N) is 1. The minimum atomic E-state index is -1.01. The van der Waals surface area contributed by atoms with Gasteiger partial charge in [0.15, 0.2) is 0 Å². The van der Waals surface area contributed by atoms with E-state index < -0.39 is 5.72 Å². The summed E-state index contributed by atoms with van der Waals surface area (Å²) in [6, 6.07) is 5.99. The lowest BCUT2D eigenvalue weighted by Crippen LogP contribution is -2.68. The van der Waals surface area contributed by atoms with Gasteiger partial charge in [0, 0.05) is 36.8 Å². The fraction of sp³-hybridized carbons (Fsp3) is 0.500. The van der Waals surface area contributed by atoms with Gasteiger partial charge < -0.3 is 24.6 Å². The van der Waals surface area contributed by atoms with Gasteiger partial charge in [-0.05, 0) is 48.0 Å². The molecule has 2 fully saturated rings. The standard InChI is InChI=1S/C20H26BrN5O3/c1-13-8-25(16-10-29-11-16)12-20(2,28)26(13)15-4-5-18(22-7-15)23-17-6-14(21)9-24(3)19(17)27/h4-7,9,13,16,28H,8,10-12H2,1-3H3,(H,22,23)/t13-,20?/m0/s1. The zero-order valence-electron chi connectivity index (χ0n) is 16.8. The van der Waals surface area contributed by atoms with Gasteiger partial charge in [-0.1, -0.05) is 0 Å². The predicted molar refractivity (Wildman–Crippen MR) is 116 cm³/mol. The topological polar surface area (TPSA) is 82.9 Å². The monoisotopic (exact) mass is 463 g/mol. The van der Waals surface area contributed by atoms with Crippen molar-refractivity contribution in [3.05, 3.63) is 45.4 Å². The molecule has 156 valence electrons. The first-order valence-electron chi connectivity index (χ1n) is 9.67. The maximum absolute atomic E-state index is 12.3. The van der Waals surface area contributed by atoms with Crippen molar-refractivity contribution in [3.63, 3.8) is 0 Å². The van der Waals surface area contributed by atoms with E-state index in [9.17, 15) is 9.90 Å². The van der Waals surface area contributed by atoms with Crippen LogP contribution in [0.25, 0.3) is 0 Å². The van der Waals surface area contributed by atoms with E-state index in [1.54, 1.807) is 25.5 Å². The molecule has 2 atom stereocenters. The van der Waals surface area contributed by atoms with Crippen molar-refractivity contribution in [2.24, 2.45) is 7.05 Å². The lowest BCUT2D eigenvalue weighted by atomic mass is 10.0. The molecule has 2 aliphatic heterocycles. The van der Waals surface area contributed by atoms with Crippen LogP contribution in [0.5, 0.6) is 0 Å². The van der Waals surface area contributed by atoms with Crippen LogP contribution >= 0.6 is 15.9 Å². The van der Waals surface area contributed by atoms with Gasteiger partial charge in [-0.15, -0.1) is 0 Å². The third kappa shape index (κ3) is 4.05. The highest BCUT2D eigenvalue weighted by Gasteiger charge is 2.43. The predicted octanol–water partition coefficient (Wildman–Crippen LogP) is 1.90. The van der Waals surface area contributed by atoms with Crippen LogP contribution in [0.2, 0.25) is 0 Å². The Morgan fingerprint density at radius 2 is 2.14 bits per heavy atom. The molecule has 2 aliphatic rings. The Bertz CT molecular complexity index is 942. The molecular formula is C20H26BrN5O3. The number of nitrogens with zero attached hydrogens (tertiary/aromatic N) is 4. The van der Waals surface area contributed by atoms with Crippen molar-refractivity contribution in [1.82, 2.24) is 14.5 Å². The maximum atomic E-state index is 12.3. The van der Waals surface area contributed by atoms with Gasteiger partial charge in [-0.2, -0.15) is 0 Å². The van der Waals surface area contributed by atoms with Crippen LogP contribution in [0.15, 0.2) is 39.9 Å². The Labute approximate surface area is 178 Å². The Kier molecular flexibility index (Phi) is 5.41. The number of halogens is 1. The fourth-order valence-electron chi connectivity index (χ4n) is 4.17. The maximum Gasteiger partial charge on any atom is 0.274 e. The molecule has 0 saturated carbocycles. The Balaban J connectivity index is 1.52. The zero-order chi connectivity index (χ0) is 20.8. The molecule has 9 heteroatoms. The highest BCUT2D eigenvalue weighted by molar-refractivity contribution is 9.10. The summed E-state index contributed by atoms with van der Waals surface area (Å²) < 4.78 is 7.62. The van der Waals surface area contributed by atoms with Crippen LogP contribution in [-0.2, 0) is 11.8 Å². The lowest BCUT2D eigenvalue weighted by Gasteiger charge is -2.53. The summed E-state index contributed by atoms with van der Waals surface area (Å²) in [5, 5.41) is 14.2. The number of pyridine rings is 2. The Morgan fingerprint density at radius 1 is 1.38 bits per heavy atom. The number of aryl methyl sites for hydroxylation is 1. The van der Waals surface area contributed by atoms with E-state index in [0.29, 0.717) is 24.1 Å². The molecule has 4 heterocycles. The third-order valence-electron chi connectivity index (χ3n) is 5.54. The van der Waals surface area contributed by atoms with Gasteiger partial charge in [-0.3, -0.25) is 9.69 Å². The molecule has 2 N–H and O–H groups in total. The number of hydrogen-bond donors (Lipinski definition) is 2. The van der Waals surface area contributed by atoms with Crippen LogP contribution in [0.3, 0.4) is 0 Å². The summed E-state index contributed by atoms with van der Waals surface area (Å²) in [6.45, 7) is 6.83. The normalized spacial score (nSPS) is 25.7. The number of aliphatic hydroxyl groups is 1. The number of ether oxygens (including phenoxy) is 1. The van der Waals surface area contributed by atoms with E-state index >= 15 is 0 Å². The number of hydrogen-bond acceptors (Lipinski definition) is 7. The smallest absolute Gasteiger partial charge is 0.274 e. The average molecular weight is 464 g/mol. The second kappa shape index (κ2) is 7.71. The molecular weight excluding hydrogens is 438 g/mol. The molecule has 2 aromatic heterocycles. The second-order valence-electron chi connectivity index (χ2n) is 8.07. The van der Waals surface area contributed by atoms with E-state index in [-0.39, 0.29) is 11.6 Å². The number of nitrogens with one attached hydrogen (secondary N) is 1. The Morgan fingerprint density at radius 3 is 2.72 bits per heavy atom. The summed E-state index contributed by atoms with van der Waals surface area (Å²) in [7, 11) is 1.70. The largest absolute Gasteiger partial charge is 0.378 e. The number of anilines is 3. The number of piperazine rings is 1. The first kappa shape index (κ1) is 20.3. The van der Waals surface area contributed by atoms with Crippen molar-refractivity contribution in [1.29, 1.82) is 0 Å². The molecule has 29 heavy (non-hydrogen) atoms. The second-order valence-corrected chi connectivity index (χ2v) is 8.99.